The van der Waals surface area contributed by atoms with Crippen LogP contribution in [0.1, 0.15) is 40.0 Å². The molecule has 18 heavy (non-hydrogen) atoms. The Balaban J connectivity index is 2.26. The van der Waals surface area contributed by atoms with Crippen LogP contribution in [0.15, 0.2) is 0 Å². The molecule has 1 amide bonds. The number of carbonyl (C=O) groups excluding carboxylic acids is 2. The van der Waals surface area contributed by atoms with Gasteiger partial charge >= 0.3 is 5.97 Å². The molecule has 0 bridgehead atoms. The summed E-state index contributed by atoms with van der Waals surface area (Å²) in [6.45, 7) is 6.62. The summed E-state index contributed by atoms with van der Waals surface area (Å²) in [5.74, 6) is -0.583. The zero-order valence-corrected chi connectivity index (χ0v) is 11.5. The van der Waals surface area contributed by atoms with E-state index in [4.69, 9.17) is 4.74 Å². The van der Waals surface area contributed by atoms with Gasteiger partial charge in [-0.3, -0.25) is 9.59 Å². The molecule has 0 aromatic heterocycles. The van der Waals surface area contributed by atoms with E-state index in [0.29, 0.717) is 6.54 Å². The van der Waals surface area contributed by atoms with E-state index < -0.39 is 0 Å². The van der Waals surface area contributed by atoms with Crippen molar-refractivity contribution in [3.8, 4) is 0 Å². The average molecular weight is 256 g/mol. The number of nitrogens with one attached hydrogen (secondary N) is 2. The van der Waals surface area contributed by atoms with Crippen molar-refractivity contribution >= 4 is 11.9 Å². The van der Waals surface area contributed by atoms with Gasteiger partial charge in [0, 0.05) is 6.54 Å². The van der Waals surface area contributed by atoms with Crippen LogP contribution in [0.3, 0.4) is 0 Å². The van der Waals surface area contributed by atoms with Crippen molar-refractivity contribution in [2.75, 3.05) is 13.1 Å². The highest BCUT2D eigenvalue weighted by molar-refractivity contribution is 5.82. The van der Waals surface area contributed by atoms with Crippen LogP contribution in [-0.2, 0) is 14.3 Å². The Morgan fingerprint density at radius 1 is 1.33 bits per heavy atom. The van der Waals surface area contributed by atoms with Crippen molar-refractivity contribution < 1.29 is 14.3 Å². The maximum absolute atomic E-state index is 11.8. The molecular formula is C13H24N2O3. The van der Waals surface area contributed by atoms with E-state index >= 15 is 0 Å². The molecular weight excluding hydrogens is 232 g/mol. The highest BCUT2D eigenvalue weighted by Crippen LogP contribution is 2.07. The number of ether oxygens (including phenoxy) is 1. The standard InChI is InChI=1S/C13H24N2O3/c1-9(2)18-13(17)10(3)8-15-12(16)11-6-4-5-7-14-11/h9-11,14H,4-8H2,1-3H3,(H,15,16). The molecule has 5 nitrogen and oxygen atoms in total. The lowest BCUT2D eigenvalue weighted by molar-refractivity contribution is -0.151. The predicted octanol–water partition coefficient (Wildman–Crippen LogP) is 0.832. The monoisotopic (exact) mass is 256 g/mol. The molecule has 1 aliphatic rings. The first-order valence-electron chi connectivity index (χ1n) is 6.72. The molecule has 5 heteroatoms. The Kier molecular flexibility index (Phi) is 6.12. The van der Waals surface area contributed by atoms with Crippen LogP contribution in [0.2, 0.25) is 0 Å². The number of esters is 1. The second kappa shape index (κ2) is 7.36. The van der Waals surface area contributed by atoms with Crippen LogP contribution < -0.4 is 10.6 Å². The molecule has 0 saturated carbocycles. The van der Waals surface area contributed by atoms with Gasteiger partial charge in [0.05, 0.1) is 18.1 Å². The van der Waals surface area contributed by atoms with Gasteiger partial charge in [0.25, 0.3) is 0 Å². The number of amides is 1. The Bertz CT molecular complexity index is 286. The molecule has 0 aliphatic carbocycles. The van der Waals surface area contributed by atoms with Gasteiger partial charge in [-0.1, -0.05) is 13.3 Å². The fourth-order valence-electron chi connectivity index (χ4n) is 1.88. The van der Waals surface area contributed by atoms with Crippen LogP contribution in [-0.4, -0.2) is 37.1 Å². The summed E-state index contributed by atoms with van der Waals surface area (Å²) in [7, 11) is 0. The summed E-state index contributed by atoms with van der Waals surface area (Å²) in [6.07, 6.45) is 2.96. The quantitative estimate of drug-likeness (QED) is 0.715. The topological polar surface area (TPSA) is 67.4 Å². The number of carbonyl (C=O) groups is 2. The smallest absolute Gasteiger partial charge is 0.310 e. The third kappa shape index (κ3) is 5.04. The molecule has 1 rings (SSSR count). The lowest BCUT2D eigenvalue weighted by Gasteiger charge is -2.23. The van der Waals surface area contributed by atoms with E-state index in [-0.39, 0.29) is 29.9 Å². The van der Waals surface area contributed by atoms with E-state index in [2.05, 4.69) is 10.6 Å². The minimum atomic E-state index is -0.306. The van der Waals surface area contributed by atoms with Gasteiger partial charge < -0.3 is 15.4 Å². The predicted molar refractivity (Wildman–Crippen MR) is 69.0 cm³/mol. The van der Waals surface area contributed by atoms with Crippen LogP contribution in [0.4, 0.5) is 0 Å². The summed E-state index contributed by atoms with van der Waals surface area (Å²) in [6, 6.07) is -0.105. The molecule has 0 radical (unpaired) electrons. The number of hydrogen-bond donors (Lipinski definition) is 2. The third-order valence-electron chi connectivity index (χ3n) is 2.96. The lowest BCUT2D eigenvalue weighted by Crippen LogP contribution is -2.48. The van der Waals surface area contributed by atoms with Crippen LogP contribution >= 0.6 is 0 Å². The maximum atomic E-state index is 11.8. The number of rotatable bonds is 5. The zero-order chi connectivity index (χ0) is 13.5. The SMILES string of the molecule is CC(C)OC(=O)C(C)CNC(=O)C1CCCCN1. The van der Waals surface area contributed by atoms with Crippen molar-refractivity contribution in [2.45, 2.75) is 52.2 Å². The molecule has 2 atom stereocenters. The van der Waals surface area contributed by atoms with Crippen LogP contribution in [0.25, 0.3) is 0 Å². The molecule has 0 aromatic carbocycles. The molecule has 0 aromatic rings. The lowest BCUT2D eigenvalue weighted by atomic mass is 10.0. The minimum Gasteiger partial charge on any atom is -0.463 e. The van der Waals surface area contributed by atoms with Gasteiger partial charge in [0.2, 0.25) is 5.91 Å². The van der Waals surface area contributed by atoms with E-state index in [0.717, 1.165) is 25.8 Å². The van der Waals surface area contributed by atoms with Gasteiger partial charge in [0.15, 0.2) is 0 Å². The average Bonchev–Trinajstić information content (AvgIpc) is 2.35. The largest absolute Gasteiger partial charge is 0.463 e. The van der Waals surface area contributed by atoms with Crippen LogP contribution in [0, 0.1) is 5.92 Å². The first kappa shape index (κ1) is 15.0. The fourth-order valence-corrected chi connectivity index (χ4v) is 1.88. The first-order valence-corrected chi connectivity index (χ1v) is 6.72. The molecule has 1 fully saturated rings. The zero-order valence-electron chi connectivity index (χ0n) is 11.5. The summed E-state index contributed by atoms with van der Waals surface area (Å²) >= 11 is 0. The molecule has 1 aliphatic heterocycles. The highest BCUT2D eigenvalue weighted by atomic mass is 16.5. The number of piperidine rings is 1. The normalized spacial score (nSPS) is 21.4. The van der Waals surface area contributed by atoms with Crippen molar-refractivity contribution in [1.82, 2.24) is 10.6 Å². The van der Waals surface area contributed by atoms with E-state index in [1.165, 1.54) is 0 Å². The van der Waals surface area contributed by atoms with Gasteiger partial charge in [0.1, 0.15) is 0 Å². The summed E-state index contributed by atoms with van der Waals surface area (Å²) in [5.41, 5.74) is 0. The molecule has 0 spiro atoms. The Morgan fingerprint density at radius 2 is 2.06 bits per heavy atom. The van der Waals surface area contributed by atoms with Crippen molar-refractivity contribution in [3.05, 3.63) is 0 Å². The summed E-state index contributed by atoms with van der Waals surface area (Å²) in [5, 5.41) is 5.98. The molecule has 2 N–H and O–H groups in total. The molecule has 1 heterocycles. The Labute approximate surface area is 109 Å². The van der Waals surface area contributed by atoms with Crippen molar-refractivity contribution in [3.63, 3.8) is 0 Å². The van der Waals surface area contributed by atoms with Gasteiger partial charge in [-0.25, -0.2) is 0 Å². The van der Waals surface area contributed by atoms with E-state index in [1.807, 2.05) is 13.8 Å². The minimum absolute atomic E-state index is 0.0149. The van der Waals surface area contributed by atoms with Gasteiger partial charge in [-0.2, -0.15) is 0 Å². The van der Waals surface area contributed by atoms with Gasteiger partial charge in [-0.15, -0.1) is 0 Å². The van der Waals surface area contributed by atoms with Crippen LogP contribution in [0.5, 0.6) is 0 Å². The van der Waals surface area contributed by atoms with E-state index in [1.54, 1.807) is 6.92 Å². The highest BCUT2D eigenvalue weighted by Gasteiger charge is 2.22. The maximum Gasteiger partial charge on any atom is 0.310 e. The van der Waals surface area contributed by atoms with Crippen molar-refractivity contribution in [2.24, 2.45) is 5.92 Å². The van der Waals surface area contributed by atoms with E-state index in [9.17, 15) is 9.59 Å². The Morgan fingerprint density at radius 3 is 2.61 bits per heavy atom. The van der Waals surface area contributed by atoms with Gasteiger partial charge in [-0.05, 0) is 33.2 Å². The second-order valence-corrected chi connectivity index (χ2v) is 5.13. The molecule has 104 valence electrons. The Hall–Kier alpha value is -1.10. The summed E-state index contributed by atoms with van der Waals surface area (Å²) in [4.78, 5) is 23.4. The number of hydrogen-bond acceptors (Lipinski definition) is 4. The first-order chi connectivity index (χ1) is 8.50. The fraction of sp³-hybridized carbons (Fsp3) is 0.846. The third-order valence-corrected chi connectivity index (χ3v) is 2.96. The van der Waals surface area contributed by atoms with Crippen molar-refractivity contribution in [1.29, 1.82) is 0 Å². The molecule has 2 unspecified atom stereocenters. The second-order valence-electron chi connectivity index (χ2n) is 5.13. The molecule has 1 saturated heterocycles. The summed E-state index contributed by atoms with van der Waals surface area (Å²) < 4.78 is 5.08.